The summed E-state index contributed by atoms with van der Waals surface area (Å²) in [5.74, 6) is 1.34. The van der Waals surface area contributed by atoms with Crippen LogP contribution in [0.4, 0.5) is 0 Å². The van der Waals surface area contributed by atoms with Crippen LogP contribution in [0.1, 0.15) is 20.9 Å². The Balaban J connectivity index is 1.99. The van der Waals surface area contributed by atoms with Gasteiger partial charge in [0.1, 0.15) is 17.2 Å². The third kappa shape index (κ3) is 4.26. The van der Waals surface area contributed by atoms with E-state index in [9.17, 15) is 4.79 Å². The molecule has 0 unspecified atom stereocenters. The van der Waals surface area contributed by atoms with Gasteiger partial charge in [-0.2, -0.15) is 0 Å². The monoisotopic (exact) mass is 388 g/mol. The maximum atomic E-state index is 12.7. The molecule has 0 spiro atoms. The van der Waals surface area contributed by atoms with Gasteiger partial charge < -0.3 is 24.1 Å². The lowest BCUT2D eigenvalue weighted by molar-refractivity contribution is 0.0928. The lowest BCUT2D eigenvalue weighted by Gasteiger charge is -2.13. The minimum Gasteiger partial charge on any atom is -0.497 e. The summed E-state index contributed by atoms with van der Waals surface area (Å²) >= 11 is 1.68. The average molecular weight is 388 g/mol. The smallest absolute Gasteiger partial charge is 0.268 e. The van der Waals surface area contributed by atoms with Crippen LogP contribution in [0.3, 0.4) is 0 Å². The minimum atomic E-state index is -0.108. The van der Waals surface area contributed by atoms with Crippen molar-refractivity contribution in [1.29, 1.82) is 0 Å². The highest BCUT2D eigenvalue weighted by Crippen LogP contribution is 2.30. The second kappa shape index (κ2) is 8.45. The second-order valence-corrected chi connectivity index (χ2v) is 7.48. The number of nitrogens with zero attached hydrogens (tertiary/aromatic N) is 1. The first-order valence-corrected chi connectivity index (χ1v) is 9.46. The highest BCUT2D eigenvalue weighted by atomic mass is 32.1. The number of hydrogen-bond acceptors (Lipinski definition) is 5. The number of nitrogens with one attached hydrogen (secondary N) is 1. The predicted octanol–water partition coefficient (Wildman–Crippen LogP) is 3.45. The molecule has 0 bridgehead atoms. The van der Waals surface area contributed by atoms with Crippen LogP contribution in [-0.2, 0) is 11.3 Å². The topological polar surface area (TPSA) is 61.7 Å². The average Bonchev–Trinajstić information content (AvgIpc) is 3.18. The highest BCUT2D eigenvalue weighted by molar-refractivity contribution is 7.19. The number of carbonyl (C=O) groups excluding carboxylic acids is 1. The van der Waals surface area contributed by atoms with Gasteiger partial charge in [-0.25, -0.2) is 0 Å². The van der Waals surface area contributed by atoms with E-state index in [-0.39, 0.29) is 5.91 Å². The molecular weight excluding hydrogens is 364 g/mol. The first-order valence-electron chi connectivity index (χ1n) is 8.64. The number of hydrogen-bond donors (Lipinski definition) is 1. The molecule has 0 radical (unpaired) electrons. The summed E-state index contributed by atoms with van der Waals surface area (Å²) in [5.41, 5.74) is 2.68. The third-order valence-corrected chi connectivity index (χ3v) is 5.28. The minimum absolute atomic E-state index is 0.108. The molecule has 1 aromatic carbocycles. The van der Waals surface area contributed by atoms with Gasteiger partial charge in [-0.05, 0) is 36.8 Å². The molecule has 7 heteroatoms. The fourth-order valence-corrected chi connectivity index (χ4v) is 3.98. The maximum absolute atomic E-state index is 12.7. The van der Waals surface area contributed by atoms with Gasteiger partial charge >= 0.3 is 0 Å². The largest absolute Gasteiger partial charge is 0.497 e. The molecule has 0 aliphatic rings. The molecular formula is C20H24N2O4S. The molecule has 0 aliphatic heterocycles. The van der Waals surface area contributed by atoms with Crippen LogP contribution in [-0.4, -0.2) is 45.0 Å². The molecule has 0 saturated carbocycles. The predicted molar refractivity (Wildman–Crippen MR) is 107 cm³/mol. The quantitative estimate of drug-likeness (QED) is 0.601. The normalized spacial score (nSPS) is 11.0. The van der Waals surface area contributed by atoms with Gasteiger partial charge in [0.25, 0.3) is 5.91 Å². The zero-order valence-corrected chi connectivity index (χ0v) is 16.8. The van der Waals surface area contributed by atoms with Crippen molar-refractivity contribution in [2.75, 3.05) is 34.5 Å². The van der Waals surface area contributed by atoms with Gasteiger partial charge in [-0.3, -0.25) is 4.79 Å². The summed E-state index contributed by atoms with van der Waals surface area (Å²) in [6, 6.07) is 9.82. The van der Waals surface area contributed by atoms with E-state index in [1.807, 2.05) is 28.8 Å². The van der Waals surface area contributed by atoms with E-state index in [0.717, 1.165) is 27.3 Å². The lowest BCUT2D eigenvalue weighted by atomic mass is 10.2. The molecule has 2 aromatic heterocycles. The van der Waals surface area contributed by atoms with Gasteiger partial charge in [0, 0.05) is 31.1 Å². The van der Waals surface area contributed by atoms with E-state index >= 15 is 0 Å². The van der Waals surface area contributed by atoms with E-state index in [2.05, 4.69) is 18.3 Å². The van der Waals surface area contributed by atoms with Crippen LogP contribution in [0.25, 0.3) is 10.2 Å². The van der Waals surface area contributed by atoms with E-state index in [1.165, 1.54) is 4.88 Å². The third-order valence-electron chi connectivity index (χ3n) is 4.29. The van der Waals surface area contributed by atoms with E-state index in [4.69, 9.17) is 14.2 Å². The highest BCUT2D eigenvalue weighted by Gasteiger charge is 2.18. The van der Waals surface area contributed by atoms with Crippen LogP contribution in [0.5, 0.6) is 11.5 Å². The molecule has 3 rings (SSSR count). The number of rotatable bonds is 8. The Morgan fingerprint density at radius 3 is 2.41 bits per heavy atom. The van der Waals surface area contributed by atoms with Crippen LogP contribution in [0.15, 0.2) is 30.3 Å². The maximum Gasteiger partial charge on any atom is 0.268 e. The van der Waals surface area contributed by atoms with Gasteiger partial charge in [0.05, 0.1) is 31.0 Å². The van der Waals surface area contributed by atoms with E-state index < -0.39 is 0 Å². The number of aromatic nitrogens is 1. The van der Waals surface area contributed by atoms with Crippen molar-refractivity contribution in [1.82, 2.24) is 9.88 Å². The Morgan fingerprint density at radius 1 is 1.07 bits per heavy atom. The molecule has 1 amide bonds. The molecule has 2 heterocycles. The van der Waals surface area contributed by atoms with Crippen molar-refractivity contribution >= 4 is 27.5 Å². The Labute approximate surface area is 162 Å². The number of methoxy groups -OCH3 is 3. The number of fused-ring (bicyclic) bond motifs is 1. The standard InChI is InChI=1S/C20H24N2O4S/c1-13-7-17-19(27-13)11-18(20(23)21-5-6-24-2)22(17)12-14-8-15(25-3)10-16(9-14)26-4/h7-11H,5-6,12H2,1-4H3,(H,21,23). The summed E-state index contributed by atoms with van der Waals surface area (Å²) < 4.78 is 18.9. The first-order chi connectivity index (χ1) is 13.0. The Kier molecular flexibility index (Phi) is 6.03. The number of ether oxygens (including phenoxy) is 3. The number of amides is 1. The van der Waals surface area contributed by atoms with Crippen molar-refractivity contribution in [2.24, 2.45) is 0 Å². The van der Waals surface area contributed by atoms with Crippen molar-refractivity contribution < 1.29 is 19.0 Å². The molecule has 0 aliphatic carbocycles. The van der Waals surface area contributed by atoms with Crippen molar-refractivity contribution in [2.45, 2.75) is 13.5 Å². The summed E-state index contributed by atoms with van der Waals surface area (Å²) in [5, 5.41) is 2.91. The molecule has 0 atom stereocenters. The summed E-state index contributed by atoms with van der Waals surface area (Å²) in [6.07, 6.45) is 0. The fraction of sp³-hybridized carbons (Fsp3) is 0.350. The molecule has 27 heavy (non-hydrogen) atoms. The molecule has 6 nitrogen and oxygen atoms in total. The SMILES string of the molecule is COCCNC(=O)c1cc2sc(C)cc2n1Cc1cc(OC)cc(OC)c1. The summed E-state index contributed by atoms with van der Waals surface area (Å²) in [4.78, 5) is 13.9. The number of aryl methyl sites for hydroxylation is 1. The van der Waals surface area contributed by atoms with Crippen LogP contribution in [0, 0.1) is 6.92 Å². The fourth-order valence-electron chi connectivity index (χ4n) is 3.02. The number of carbonyl (C=O) groups is 1. The van der Waals surface area contributed by atoms with E-state index in [1.54, 1.807) is 32.7 Å². The van der Waals surface area contributed by atoms with Crippen LogP contribution >= 0.6 is 11.3 Å². The lowest BCUT2D eigenvalue weighted by Crippen LogP contribution is -2.29. The first kappa shape index (κ1) is 19.3. The zero-order chi connectivity index (χ0) is 19.4. The Bertz CT molecular complexity index is 923. The molecule has 0 fully saturated rings. The second-order valence-electron chi connectivity index (χ2n) is 6.19. The van der Waals surface area contributed by atoms with Gasteiger partial charge in [-0.1, -0.05) is 0 Å². The number of thiophene rings is 1. The Hall–Kier alpha value is -2.51. The van der Waals surface area contributed by atoms with Crippen molar-refractivity contribution in [3.63, 3.8) is 0 Å². The summed E-state index contributed by atoms with van der Waals surface area (Å²) in [6.45, 7) is 3.56. The molecule has 3 aromatic rings. The van der Waals surface area contributed by atoms with Gasteiger partial charge in [0.2, 0.25) is 0 Å². The van der Waals surface area contributed by atoms with Crippen LogP contribution in [0.2, 0.25) is 0 Å². The number of benzene rings is 1. The van der Waals surface area contributed by atoms with Crippen molar-refractivity contribution in [3.05, 3.63) is 46.5 Å². The van der Waals surface area contributed by atoms with Crippen molar-refractivity contribution in [3.8, 4) is 11.5 Å². The van der Waals surface area contributed by atoms with E-state index in [0.29, 0.717) is 25.4 Å². The van der Waals surface area contributed by atoms with Gasteiger partial charge in [0.15, 0.2) is 0 Å². The molecule has 1 N–H and O–H groups in total. The van der Waals surface area contributed by atoms with Crippen LogP contribution < -0.4 is 14.8 Å². The zero-order valence-electron chi connectivity index (χ0n) is 16.0. The molecule has 144 valence electrons. The Morgan fingerprint density at radius 2 is 1.78 bits per heavy atom. The van der Waals surface area contributed by atoms with Gasteiger partial charge in [-0.15, -0.1) is 11.3 Å². The molecule has 0 saturated heterocycles. The summed E-state index contributed by atoms with van der Waals surface area (Å²) in [7, 11) is 4.87.